The van der Waals surface area contributed by atoms with E-state index in [4.69, 9.17) is 11.6 Å². The lowest BCUT2D eigenvalue weighted by molar-refractivity contribution is 0.801. The van der Waals surface area contributed by atoms with Gasteiger partial charge in [0.25, 0.3) is 0 Å². The Morgan fingerprint density at radius 1 is 1.29 bits per heavy atom. The highest BCUT2D eigenvalue weighted by Gasteiger charge is 2.10. The van der Waals surface area contributed by atoms with Gasteiger partial charge in [0.05, 0.1) is 0 Å². The van der Waals surface area contributed by atoms with Gasteiger partial charge in [0.2, 0.25) is 0 Å². The summed E-state index contributed by atoms with van der Waals surface area (Å²) in [4.78, 5) is 6.63. The van der Waals surface area contributed by atoms with Crippen molar-refractivity contribution >= 4 is 29.2 Å². The molecule has 0 aromatic carbocycles. The van der Waals surface area contributed by atoms with Crippen molar-refractivity contribution in [3.63, 3.8) is 0 Å². The van der Waals surface area contributed by atoms with Gasteiger partial charge in [-0.3, -0.25) is 0 Å². The van der Waals surface area contributed by atoms with Crippen LogP contribution in [0.25, 0.3) is 0 Å². The molecule has 1 aliphatic heterocycles. The summed E-state index contributed by atoms with van der Waals surface area (Å²) in [5.41, 5.74) is 0. The summed E-state index contributed by atoms with van der Waals surface area (Å²) in [6.45, 7) is 2.18. The maximum absolute atomic E-state index is 5.86. The fourth-order valence-corrected chi connectivity index (χ4v) is 2.60. The van der Waals surface area contributed by atoms with Crippen LogP contribution in [-0.2, 0) is 0 Å². The molecule has 0 spiro atoms. The van der Waals surface area contributed by atoms with Gasteiger partial charge in [0.15, 0.2) is 0 Å². The van der Waals surface area contributed by atoms with E-state index >= 15 is 0 Å². The third kappa shape index (κ3) is 2.55. The number of halogens is 1. The van der Waals surface area contributed by atoms with E-state index in [-0.39, 0.29) is 0 Å². The number of thioether (sulfide) groups is 1. The highest BCUT2D eigenvalue weighted by atomic mass is 35.5. The van der Waals surface area contributed by atoms with E-state index in [0.717, 1.165) is 18.9 Å². The molecule has 1 fully saturated rings. The van der Waals surface area contributed by atoms with E-state index in [2.05, 4.69) is 9.88 Å². The zero-order valence-electron chi connectivity index (χ0n) is 7.95. The van der Waals surface area contributed by atoms with Gasteiger partial charge >= 0.3 is 0 Å². The van der Waals surface area contributed by atoms with E-state index in [1.54, 1.807) is 0 Å². The summed E-state index contributed by atoms with van der Waals surface area (Å²) in [6.07, 6.45) is 1.23. The highest BCUT2D eigenvalue weighted by Crippen LogP contribution is 2.18. The fraction of sp³-hybridized carbons (Fsp3) is 0.500. The number of hydrogen-bond acceptors (Lipinski definition) is 3. The number of pyridine rings is 1. The van der Waals surface area contributed by atoms with Crippen LogP contribution in [0.1, 0.15) is 6.42 Å². The molecule has 2 rings (SSSR count). The lowest BCUT2D eigenvalue weighted by Crippen LogP contribution is -2.26. The van der Waals surface area contributed by atoms with E-state index in [0.29, 0.717) is 5.15 Å². The highest BCUT2D eigenvalue weighted by molar-refractivity contribution is 7.99. The molecule has 0 atom stereocenters. The molecule has 0 N–H and O–H groups in total. The Morgan fingerprint density at radius 3 is 3.07 bits per heavy atom. The average Bonchev–Trinajstić information content (AvgIpc) is 2.45. The first-order valence-corrected chi connectivity index (χ1v) is 6.35. The number of rotatable bonds is 1. The Balaban J connectivity index is 2.12. The van der Waals surface area contributed by atoms with Gasteiger partial charge in [-0.1, -0.05) is 17.7 Å². The van der Waals surface area contributed by atoms with Crippen molar-refractivity contribution in [1.29, 1.82) is 0 Å². The molecule has 0 saturated carbocycles. The Kier molecular flexibility index (Phi) is 3.54. The minimum Gasteiger partial charge on any atom is -0.356 e. The van der Waals surface area contributed by atoms with Gasteiger partial charge in [-0.25, -0.2) is 4.98 Å². The maximum atomic E-state index is 5.86. The van der Waals surface area contributed by atoms with E-state index in [9.17, 15) is 0 Å². The van der Waals surface area contributed by atoms with Crippen LogP contribution in [-0.4, -0.2) is 29.6 Å². The molecule has 0 aliphatic carbocycles. The van der Waals surface area contributed by atoms with Gasteiger partial charge in [-0.15, -0.1) is 0 Å². The topological polar surface area (TPSA) is 16.1 Å². The Morgan fingerprint density at radius 2 is 2.21 bits per heavy atom. The summed E-state index contributed by atoms with van der Waals surface area (Å²) in [5, 5.41) is 0.583. The number of anilines is 1. The third-order valence-corrected chi connectivity index (χ3v) is 3.51. The van der Waals surface area contributed by atoms with E-state index in [1.807, 2.05) is 30.0 Å². The zero-order valence-corrected chi connectivity index (χ0v) is 9.52. The molecule has 14 heavy (non-hydrogen) atoms. The van der Waals surface area contributed by atoms with Crippen molar-refractivity contribution in [2.45, 2.75) is 6.42 Å². The molecule has 1 aromatic heterocycles. The molecule has 4 heteroatoms. The first-order valence-electron chi connectivity index (χ1n) is 4.81. The van der Waals surface area contributed by atoms with Gasteiger partial charge in [0, 0.05) is 18.8 Å². The summed E-state index contributed by atoms with van der Waals surface area (Å²) < 4.78 is 0. The summed E-state index contributed by atoms with van der Waals surface area (Å²) >= 11 is 7.88. The summed E-state index contributed by atoms with van der Waals surface area (Å²) in [6, 6.07) is 5.81. The zero-order chi connectivity index (χ0) is 9.80. The molecule has 0 radical (unpaired) electrons. The van der Waals surface area contributed by atoms with Crippen molar-refractivity contribution in [3.05, 3.63) is 23.4 Å². The molecule has 2 nitrogen and oxygen atoms in total. The molecular formula is C10H13ClN2S. The van der Waals surface area contributed by atoms with Crippen LogP contribution in [0.3, 0.4) is 0 Å². The predicted octanol–water partition coefficient (Wildman–Crippen LogP) is 2.68. The molecule has 1 aliphatic rings. The molecular weight excluding hydrogens is 216 g/mol. The Labute approximate surface area is 93.7 Å². The van der Waals surface area contributed by atoms with Crippen LogP contribution in [0, 0.1) is 0 Å². The van der Waals surface area contributed by atoms with Crippen molar-refractivity contribution in [1.82, 2.24) is 4.98 Å². The van der Waals surface area contributed by atoms with Crippen molar-refractivity contribution in [3.8, 4) is 0 Å². The summed E-state index contributed by atoms with van der Waals surface area (Å²) in [7, 11) is 0. The Bertz CT molecular complexity index is 298. The molecule has 2 heterocycles. The normalized spacial score (nSPS) is 17.9. The predicted molar refractivity (Wildman–Crippen MR) is 63.4 cm³/mol. The lowest BCUT2D eigenvalue weighted by Gasteiger charge is -2.20. The van der Waals surface area contributed by atoms with Crippen LogP contribution >= 0.6 is 23.4 Å². The second kappa shape index (κ2) is 4.89. The minimum atomic E-state index is 0.583. The van der Waals surface area contributed by atoms with Crippen molar-refractivity contribution in [2.24, 2.45) is 0 Å². The van der Waals surface area contributed by atoms with E-state index in [1.165, 1.54) is 17.9 Å². The SMILES string of the molecule is Clc1cccc(N2CCCSCC2)n1. The largest absolute Gasteiger partial charge is 0.356 e. The molecule has 1 aromatic rings. The quantitative estimate of drug-likeness (QED) is 0.688. The number of nitrogens with zero attached hydrogens (tertiary/aromatic N) is 2. The lowest BCUT2D eigenvalue weighted by atomic mass is 10.3. The first kappa shape index (κ1) is 10.1. The fourth-order valence-electron chi connectivity index (χ4n) is 1.55. The van der Waals surface area contributed by atoms with E-state index < -0.39 is 0 Å². The smallest absolute Gasteiger partial charge is 0.131 e. The van der Waals surface area contributed by atoms with Crippen LogP contribution in [0.4, 0.5) is 5.82 Å². The van der Waals surface area contributed by atoms with Gasteiger partial charge < -0.3 is 4.90 Å². The van der Waals surface area contributed by atoms with Crippen LogP contribution in [0.5, 0.6) is 0 Å². The number of hydrogen-bond donors (Lipinski definition) is 0. The average molecular weight is 229 g/mol. The Hall–Kier alpha value is -0.410. The first-order chi connectivity index (χ1) is 6.86. The molecule has 1 saturated heterocycles. The third-order valence-electron chi connectivity index (χ3n) is 2.25. The molecule has 0 unspecified atom stereocenters. The standard InChI is InChI=1S/C10H13ClN2S/c11-9-3-1-4-10(12-9)13-5-2-7-14-8-6-13/h1,3-4H,2,5-8H2. The number of aromatic nitrogens is 1. The van der Waals surface area contributed by atoms with Crippen molar-refractivity contribution < 1.29 is 0 Å². The molecule has 0 amide bonds. The van der Waals surface area contributed by atoms with Crippen LogP contribution in [0.2, 0.25) is 5.15 Å². The van der Waals surface area contributed by atoms with Crippen LogP contribution < -0.4 is 4.90 Å². The van der Waals surface area contributed by atoms with Crippen molar-refractivity contribution in [2.75, 3.05) is 29.5 Å². The van der Waals surface area contributed by atoms with Gasteiger partial charge in [-0.05, 0) is 24.3 Å². The van der Waals surface area contributed by atoms with Crippen LogP contribution in [0.15, 0.2) is 18.2 Å². The maximum Gasteiger partial charge on any atom is 0.131 e. The monoisotopic (exact) mass is 228 g/mol. The summed E-state index contributed by atoms with van der Waals surface area (Å²) in [5.74, 6) is 3.46. The van der Waals surface area contributed by atoms with Gasteiger partial charge in [0.1, 0.15) is 11.0 Å². The second-order valence-electron chi connectivity index (χ2n) is 3.27. The minimum absolute atomic E-state index is 0.583. The molecule has 0 bridgehead atoms. The molecule has 76 valence electrons. The van der Waals surface area contributed by atoms with Gasteiger partial charge in [-0.2, -0.15) is 11.8 Å². The second-order valence-corrected chi connectivity index (χ2v) is 4.88.